The highest BCUT2D eigenvalue weighted by molar-refractivity contribution is 5.67. The second-order valence-corrected chi connectivity index (χ2v) is 8.07. The van der Waals surface area contributed by atoms with Gasteiger partial charge in [-0.2, -0.15) is 5.06 Å². The van der Waals surface area contributed by atoms with Crippen molar-refractivity contribution in [1.82, 2.24) is 5.06 Å². The first-order chi connectivity index (χ1) is 11.7. The number of hydroxylamine groups is 2. The summed E-state index contributed by atoms with van der Waals surface area (Å²) in [5.41, 5.74) is 0.838. The molecule has 0 aromatic heterocycles. The quantitative estimate of drug-likeness (QED) is 0.736. The van der Waals surface area contributed by atoms with Crippen molar-refractivity contribution in [2.24, 2.45) is 5.92 Å². The monoisotopic (exact) mass is 347 g/mol. The van der Waals surface area contributed by atoms with Crippen LogP contribution in [0.2, 0.25) is 0 Å². The largest absolute Gasteiger partial charge is 0.481 e. The highest BCUT2D eigenvalue weighted by Gasteiger charge is 2.50. The van der Waals surface area contributed by atoms with Gasteiger partial charge in [-0.15, -0.1) is 0 Å². The topological polar surface area (TPSA) is 49.8 Å². The molecule has 4 heteroatoms. The van der Waals surface area contributed by atoms with E-state index in [9.17, 15) is 9.90 Å². The van der Waals surface area contributed by atoms with Gasteiger partial charge in [0.05, 0.1) is 0 Å². The van der Waals surface area contributed by atoms with Crippen LogP contribution in [-0.2, 0) is 9.63 Å². The first-order valence-corrected chi connectivity index (χ1v) is 9.48. The smallest absolute Gasteiger partial charge is 0.303 e. The van der Waals surface area contributed by atoms with Gasteiger partial charge in [-0.25, -0.2) is 0 Å². The molecule has 1 saturated heterocycles. The van der Waals surface area contributed by atoms with Crippen LogP contribution in [0.1, 0.15) is 78.4 Å². The molecule has 140 valence electrons. The molecule has 2 rings (SSSR count). The third-order valence-corrected chi connectivity index (χ3v) is 5.75. The number of carbonyl (C=O) groups is 1. The Hall–Kier alpha value is -1.39. The Bertz CT molecular complexity index is 566. The van der Waals surface area contributed by atoms with E-state index >= 15 is 0 Å². The van der Waals surface area contributed by atoms with Gasteiger partial charge in [0.1, 0.15) is 6.10 Å². The third kappa shape index (κ3) is 4.42. The maximum atomic E-state index is 11.3. The minimum Gasteiger partial charge on any atom is -0.481 e. The molecule has 1 aromatic rings. The summed E-state index contributed by atoms with van der Waals surface area (Å²) in [6, 6.07) is 10.3. The Morgan fingerprint density at radius 2 is 1.84 bits per heavy atom. The van der Waals surface area contributed by atoms with Gasteiger partial charge in [0.25, 0.3) is 0 Å². The van der Waals surface area contributed by atoms with Crippen molar-refractivity contribution in [3.63, 3.8) is 0 Å². The molecule has 4 nitrogen and oxygen atoms in total. The van der Waals surface area contributed by atoms with Gasteiger partial charge in [-0.1, -0.05) is 44.2 Å². The molecule has 0 radical (unpaired) electrons. The van der Waals surface area contributed by atoms with Crippen molar-refractivity contribution >= 4 is 5.97 Å². The predicted molar refractivity (Wildman–Crippen MR) is 100 cm³/mol. The summed E-state index contributed by atoms with van der Waals surface area (Å²) in [6.45, 7) is 10.8. The summed E-state index contributed by atoms with van der Waals surface area (Å²) in [5, 5.41) is 11.5. The van der Waals surface area contributed by atoms with E-state index in [4.69, 9.17) is 4.84 Å². The van der Waals surface area contributed by atoms with E-state index in [1.807, 2.05) is 18.2 Å². The highest BCUT2D eigenvalue weighted by atomic mass is 16.7. The van der Waals surface area contributed by atoms with Crippen LogP contribution in [-0.4, -0.2) is 27.2 Å². The number of rotatable bonds is 7. The molecular weight excluding hydrogens is 314 g/mol. The fourth-order valence-corrected chi connectivity index (χ4v) is 4.54. The lowest BCUT2D eigenvalue weighted by atomic mass is 9.70. The number of piperidine rings is 1. The molecule has 1 fully saturated rings. The van der Waals surface area contributed by atoms with Gasteiger partial charge in [0.2, 0.25) is 0 Å². The average Bonchev–Trinajstić information content (AvgIpc) is 2.56. The standard InChI is InChI=1S/C21H33NO3/c1-6-21(7-2)15-17(13-19(23)24)14-20(4,5)22(21)25-16(3)18-11-9-8-10-12-18/h8-12,16-17H,6-7,13-15H2,1-5H3,(H,23,24). The summed E-state index contributed by atoms with van der Waals surface area (Å²) in [5.74, 6) is -0.506. The molecule has 2 atom stereocenters. The first kappa shape index (κ1) is 19.9. The lowest BCUT2D eigenvalue weighted by Crippen LogP contribution is -2.62. The zero-order valence-electron chi connectivity index (χ0n) is 16.3. The second kappa shape index (κ2) is 7.88. The van der Waals surface area contributed by atoms with Crippen LogP contribution in [0.25, 0.3) is 0 Å². The number of carboxylic acid groups (broad SMARTS) is 1. The van der Waals surface area contributed by atoms with Gasteiger partial charge in [-0.05, 0) is 57.9 Å². The molecule has 0 saturated carbocycles. The van der Waals surface area contributed by atoms with Gasteiger partial charge >= 0.3 is 5.97 Å². The molecule has 1 aliphatic rings. The average molecular weight is 347 g/mol. The maximum Gasteiger partial charge on any atom is 0.303 e. The van der Waals surface area contributed by atoms with Gasteiger partial charge in [-0.3, -0.25) is 9.63 Å². The molecule has 0 amide bonds. The summed E-state index contributed by atoms with van der Waals surface area (Å²) in [4.78, 5) is 17.8. The van der Waals surface area contributed by atoms with Gasteiger partial charge < -0.3 is 5.11 Å². The lowest BCUT2D eigenvalue weighted by molar-refractivity contribution is -0.319. The van der Waals surface area contributed by atoms with Crippen molar-refractivity contribution in [3.05, 3.63) is 35.9 Å². The van der Waals surface area contributed by atoms with Crippen LogP contribution < -0.4 is 0 Å². The SMILES string of the molecule is CCC1(CC)CC(CC(=O)O)CC(C)(C)N1OC(C)c1ccccc1. The third-order valence-electron chi connectivity index (χ3n) is 5.75. The van der Waals surface area contributed by atoms with E-state index < -0.39 is 5.97 Å². The normalized spacial score (nSPS) is 24.0. The lowest BCUT2D eigenvalue weighted by Gasteiger charge is -2.57. The Labute approximate surface area is 152 Å². The molecule has 2 unspecified atom stereocenters. The van der Waals surface area contributed by atoms with Crippen LogP contribution in [0.5, 0.6) is 0 Å². The molecule has 0 spiro atoms. The van der Waals surface area contributed by atoms with Crippen LogP contribution in [0.15, 0.2) is 30.3 Å². The Kier molecular flexibility index (Phi) is 6.28. The summed E-state index contributed by atoms with van der Waals surface area (Å²) >= 11 is 0. The van der Waals surface area contributed by atoms with Crippen LogP contribution in [0.3, 0.4) is 0 Å². The molecule has 1 heterocycles. The van der Waals surface area contributed by atoms with Gasteiger partial charge in [0, 0.05) is 17.5 Å². The summed E-state index contributed by atoms with van der Waals surface area (Å²) < 4.78 is 0. The first-order valence-electron chi connectivity index (χ1n) is 9.48. The zero-order chi connectivity index (χ0) is 18.7. The maximum absolute atomic E-state index is 11.3. The van der Waals surface area contributed by atoms with Crippen LogP contribution >= 0.6 is 0 Å². The van der Waals surface area contributed by atoms with Gasteiger partial charge in [0.15, 0.2) is 0 Å². The van der Waals surface area contributed by atoms with E-state index in [0.29, 0.717) is 0 Å². The minimum atomic E-state index is -0.700. The Morgan fingerprint density at radius 1 is 1.24 bits per heavy atom. The van der Waals surface area contributed by atoms with Crippen molar-refractivity contribution in [2.75, 3.05) is 0 Å². The van der Waals surface area contributed by atoms with E-state index in [0.717, 1.165) is 31.2 Å². The molecule has 0 aliphatic carbocycles. The Morgan fingerprint density at radius 3 is 2.36 bits per heavy atom. The van der Waals surface area contributed by atoms with E-state index in [1.54, 1.807) is 0 Å². The molecule has 25 heavy (non-hydrogen) atoms. The number of hydrogen-bond donors (Lipinski definition) is 1. The number of aliphatic carboxylic acids is 1. The van der Waals surface area contributed by atoms with Crippen molar-refractivity contribution in [1.29, 1.82) is 0 Å². The molecule has 1 aliphatic heterocycles. The molecular formula is C21H33NO3. The summed E-state index contributed by atoms with van der Waals surface area (Å²) in [7, 11) is 0. The van der Waals surface area contributed by atoms with E-state index in [2.05, 4.69) is 51.8 Å². The summed E-state index contributed by atoms with van der Waals surface area (Å²) in [6.07, 6.45) is 3.82. The van der Waals surface area contributed by atoms with E-state index in [-0.39, 0.29) is 29.5 Å². The second-order valence-electron chi connectivity index (χ2n) is 8.07. The minimum absolute atomic E-state index is 0.0334. The molecule has 1 N–H and O–H groups in total. The van der Waals surface area contributed by atoms with Crippen LogP contribution in [0.4, 0.5) is 0 Å². The Balaban J connectivity index is 2.28. The van der Waals surface area contributed by atoms with Crippen molar-refractivity contribution < 1.29 is 14.7 Å². The highest BCUT2D eigenvalue weighted by Crippen LogP contribution is 2.47. The predicted octanol–water partition coefficient (Wildman–Crippen LogP) is 5.20. The van der Waals surface area contributed by atoms with Crippen molar-refractivity contribution in [3.8, 4) is 0 Å². The number of benzene rings is 1. The van der Waals surface area contributed by atoms with E-state index in [1.165, 1.54) is 0 Å². The molecule has 1 aromatic carbocycles. The zero-order valence-corrected chi connectivity index (χ0v) is 16.3. The fourth-order valence-electron chi connectivity index (χ4n) is 4.54. The molecule has 0 bridgehead atoms. The number of hydrogen-bond acceptors (Lipinski definition) is 3. The van der Waals surface area contributed by atoms with Crippen LogP contribution in [0, 0.1) is 5.92 Å². The number of carboxylic acids is 1. The van der Waals surface area contributed by atoms with Crippen molar-refractivity contribution in [2.45, 2.75) is 83.9 Å². The number of nitrogens with zero attached hydrogens (tertiary/aromatic N) is 1. The fraction of sp³-hybridized carbons (Fsp3) is 0.667.